The molecule has 3 rings (SSSR count). The van der Waals surface area contributed by atoms with Crippen molar-refractivity contribution < 1.29 is 47.7 Å². The van der Waals surface area contributed by atoms with Crippen molar-refractivity contribution in [1.29, 1.82) is 0 Å². The van der Waals surface area contributed by atoms with E-state index in [0.717, 1.165) is 29.2 Å². The van der Waals surface area contributed by atoms with Crippen LogP contribution in [0, 0.1) is 11.8 Å². The number of hydrogen-bond donors (Lipinski definition) is 5. The fourth-order valence-corrected chi connectivity index (χ4v) is 7.13. The van der Waals surface area contributed by atoms with E-state index in [1.54, 1.807) is 69.4 Å². The van der Waals surface area contributed by atoms with E-state index >= 15 is 0 Å². The molecule has 2 aromatic carbocycles. The molecule has 61 heavy (non-hydrogen) atoms. The van der Waals surface area contributed by atoms with Gasteiger partial charge in [0.1, 0.15) is 40.7 Å². The van der Waals surface area contributed by atoms with Gasteiger partial charge in [-0.3, -0.25) is 14.4 Å². The summed E-state index contributed by atoms with van der Waals surface area (Å²) in [6, 6.07) is 7.64. The molecular formula is C46H71N5O10. The van der Waals surface area contributed by atoms with Crippen LogP contribution < -0.4 is 31.7 Å². The van der Waals surface area contributed by atoms with Crippen LogP contribution in [0.5, 0.6) is 5.75 Å². The van der Waals surface area contributed by atoms with Crippen molar-refractivity contribution in [1.82, 2.24) is 21.3 Å². The Labute approximate surface area is 361 Å². The fourth-order valence-electron chi connectivity index (χ4n) is 7.13. The minimum Gasteiger partial charge on any atom is -0.496 e. The Morgan fingerprint density at radius 2 is 1.28 bits per heavy atom. The van der Waals surface area contributed by atoms with Gasteiger partial charge >= 0.3 is 23.9 Å². The van der Waals surface area contributed by atoms with E-state index < -0.39 is 58.9 Å². The number of hydrogen-bond acceptors (Lipinski definition) is 11. The number of ether oxygens (including phenoxy) is 4. The molecular weight excluding hydrogens is 783 g/mol. The summed E-state index contributed by atoms with van der Waals surface area (Å²) in [6.07, 6.45) is 4.04. The lowest BCUT2D eigenvalue weighted by atomic mass is 9.81. The largest absolute Gasteiger partial charge is 0.496 e. The first-order valence-corrected chi connectivity index (χ1v) is 21.6. The molecule has 0 unspecified atom stereocenters. The monoisotopic (exact) mass is 854 g/mol. The zero-order valence-corrected chi connectivity index (χ0v) is 38.0. The van der Waals surface area contributed by atoms with Crippen molar-refractivity contribution in [3.8, 4) is 5.75 Å². The Morgan fingerprint density at radius 3 is 1.84 bits per heavy atom. The third kappa shape index (κ3) is 17.9. The maximum atomic E-state index is 13.9. The second-order valence-corrected chi connectivity index (χ2v) is 18.9. The first kappa shape index (κ1) is 50.4. The summed E-state index contributed by atoms with van der Waals surface area (Å²) in [5.74, 6) is -1.68. The molecule has 2 aromatic rings. The Hall–Kier alpha value is -4.92. The molecule has 15 heteroatoms. The Bertz CT molecular complexity index is 1800. The molecule has 0 saturated heterocycles. The number of carbonyl (C=O) groups is 6. The molecule has 0 radical (unpaired) electrons. The number of urea groups is 1. The molecule has 1 saturated carbocycles. The number of esters is 3. The van der Waals surface area contributed by atoms with Crippen molar-refractivity contribution in [3.63, 3.8) is 0 Å². The molecule has 1 fully saturated rings. The lowest BCUT2D eigenvalue weighted by Gasteiger charge is -2.28. The van der Waals surface area contributed by atoms with E-state index in [4.69, 9.17) is 24.7 Å². The number of rotatable bonds is 19. The van der Waals surface area contributed by atoms with Gasteiger partial charge in [-0.1, -0.05) is 36.4 Å². The number of fused-ring (bicyclic) bond motifs is 1. The number of nitrogens with two attached hydrogens (primary N) is 1. The van der Waals surface area contributed by atoms with Gasteiger partial charge in [0.05, 0.1) is 7.11 Å². The Morgan fingerprint density at radius 1 is 0.705 bits per heavy atom. The summed E-state index contributed by atoms with van der Waals surface area (Å²) in [6.45, 7) is 16.2. The highest BCUT2D eigenvalue weighted by Crippen LogP contribution is 2.32. The number of benzene rings is 2. The second kappa shape index (κ2) is 22.8. The van der Waals surface area contributed by atoms with Crippen LogP contribution in [0.1, 0.15) is 126 Å². The van der Waals surface area contributed by atoms with E-state index in [1.165, 1.54) is 0 Å². The zero-order valence-electron chi connectivity index (χ0n) is 38.0. The lowest BCUT2D eigenvalue weighted by Crippen LogP contribution is -2.53. The molecule has 1 aliphatic carbocycles. The first-order valence-electron chi connectivity index (χ1n) is 21.6. The quantitative estimate of drug-likeness (QED) is 0.0650. The van der Waals surface area contributed by atoms with Gasteiger partial charge in [0.2, 0.25) is 11.8 Å². The normalized spacial score (nSPS) is 17.2. The maximum Gasteiger partial charge on any atom is 0.329 e. The van der Waals surface area contributed by atoms with Gasteiger partial charge in [-0.25, -0.2) is 14.4 Å². The average molecular weight is 854 g/mol. The number of unbranched alkanes of at least 4 members (excludes halogenated alkanes) is 1. The SMILES string of the molecule is COc1c(C[C@@H](NC(=O)C2CCC(CN)CC2)C(=O)NCCCC[C@H](NC(=O)N[C@@H](CCC(=O)OC(C)(C)C)C(=O)OC(C)(C)C)C(=O)OC(C)(C)C)ccc2ccccc12. The van der Waals surface area contributed by atoms with Gasteiger partial charge in [0.25, 0.3) is 0 Å². The molecule has 0 bridgehead atoms. The summed E-state index contributed by atoms with van der Waals surface area (Å²) < 4.78 is 22.3. The number of nitrogens with one attached hydrogen (secondary N) is 4. The third-order valence-electron chi connectivity index (χ3n) is 10.0. The maximum absolute atomic E-state index is 13.9. The Balaban J connectivity index is 1.70. The summed E-state index contributed by atoms with van der Waals surface area (Å²) in [5.41, 5.74) is 4.20. The molecule has 6 N–H and O–H groups in total. The van der Waals surface area contributed by atoms with Gasteiger partial charge in [-0.05, 0) is 137 Å². The zero-order chi connectivity index (χ0) is 45.5. The summed E-state index contributed by atoms with van der Waals surface area (Å²) >= 11 is 0. The lowest BCUT2D eigenvalue weighted by molar-refractivity contribution is -0.159. The number of amides is 4. The number of methoxy groups -OCH3 is 1. The van der Waals surface area contributed by atoms with Crippen molar-refractivity contribution in [2.75, 3.05) is 20.2 Å². The van der Waals surface area contributed by atoms with Crippen LogP contribution in [-0.4, -0.2) is 90.9 Å². The molecule has 4 amide bonds. The van der Waals surface area contributed by atoms with Crippen LogP contribution in [0.2, 0.25) is 0 Å². The predicted molar refractivity (Wildman–Crippen MR) is 234 cm³/mol. The highest BCUT2D eigenvalue weighted by molar-refractivity contribution is 5.92. The van der Waals surface area contributed by atoms with E-state index in [-0.39, 0.29) is 50.0 Å². The predicted octanol–water partition coefficient (Wildman–Crippen LogP) is 5.77. The molecule has 0 aliphatic heterocycles. The van der Waals surface area contributed by atoms with Crippen molar-refractivity contribution >= 4 is 46.5 Å². The molecule has 15 nitrogen and oxygen atoms in total. The molecule has 1 aliphatic rings. The smallest absolute Gasteiger partial charge is 0.329 e. The van der Waals surface area contributed by atoms with Gasteiger partial charge in [-0.15, -0.1) is 0 Å². The first-order chi connectivity index (χ1) is 28.5. The van der Waals surface area contributed by atoms with E-state index in [1.807, 2.05) is 36.4 Å². The molecule has 0 heterocycles. The fraction of sp³-hybridized carbons (Fsp3) is 0.652. The highest BCUT2D eigenvalue weighted by Gasteiger charge is 2.33. The van der Waals surface area contributed by atoms with Crippen LogP contribution >= 0.6 is 0 Å². The van der Waals surface area contributed by atoms with E-state index in [9.17, 15) is 28.8 Å². The van der Waals surface area contributed by atoms with Crippen molar-refractivity contribution in [2.24, 2.45) is 17.6 Å². The van der Waals surface area contributed by atoms with Crippen LogP contribution in [0.15, 0.2) is 36.4 Å². The van der Waals surface area contributed by atoms with Crippen molar-refractivity contribution in [2.45, 2.75) is 161 Å². The third-order valence-corrected chi connectivity index (χ3v) is 10.0. The summed E-state index contributed by atoms with van der Waals surface area (Å²) in [7, 11) is 1.59. The average Bonchev–Trinajstić information content (AvgIpc) is 3.16. The van der Waals surface area contributed by atoms with Crippen LogP contribution in [0.4, 0.5) is 4.79 Å². The molecule has 0 aromatic heterocycles. The second-order valence-electron chi connectivity index (χ2n) is 18.9. The van der Waals surface area contributed by atoms with Gasteiger partial charge < -0.3 is 45.9 Å². The number of carbonyl (C=O) groups excluding carboxylic acids is 6. The Kier molecular flexibility index (Phi) is 18.8. The van der Waals surface area contributed by atoms with Gasteiger partial charge in [0, 0.05) is 30.7 Å². The minimum atomic E-state index is -1.22. The molecule has 3 atom stereocenters. The summed E-state index contributed by atoms with van der Waals surface area (Å²) in [5, 5.41) is 13.1. The van der Waals surface area contributed by atoms with Gasteiger partial charge in [-0.2, -0.15) is 0 Å². The highest BCUT2D eigenvalue weighted by atomic mass is 16.6. The minimum absolute atomic E-state index is 0.0987. The van der Waals surface area contributed by atoms with E-state index in [2.05, 4.69) is 21.3 Å². The van der Waals surface area contributed by atoms with Gasteiger partial charge in [0.15, 0.2) is 0 Å². The standard InChI is InChI=1S/C46H71N5O10/c1-44(2,3)59-37(52)25-24-35(42(56)61-46(7,8)9)51-43(57)50-34(41(55)60-45(4,5)6)17-13-14-26-48-40(54)36(49-39(53)31-20-18-29(28-47)19-21-31)27-32-23-22-30-15-11-12-16-33(30)38(32)58-10/h11-12,15-16,22-23,29,31,34-36H,13-14,17-21,24-28,47H2,1-10H3,(H,48,54)(H,49,53)(H2,50,51,57)/t29?,31?,34-,35-,36+/m0/s1. The molecule has 340 valence electrons. The van der Waals surface area contributed by atoms with Crippen molar-refractivity contribution in [3.05, 3.63) is 42.0 Å². The van der Waals surface area contributed by atoms with E-state index in [0.29, 0.717) is 43.9 Å². The van der Waals surface area contributed by atoms with Crippen LogP contribution in [0.3, 0.4) is 0 Å². The van der Waals surface area contributed by atoms with Crippen LogP contribution in [0.25, 0.3) is 10.8 Å². The topological polar surface area (TPSA) is 213 Å². The summed E-state index contributed by atoms with van der Waals surface area (Å²) in [4.78, 5) is 79.7. The van der Waals surface area contributed by atoms with Crippen LogP contribution in [-0.2, 0) is 44.6 Å². The molecule has 0 spiro atoms.